The van der Waals surface area contributed by atoms with Crippen molar-refractivity contribution in [1.82, 2.24) is 4.31 Å². The van der Waals surface area contributed by atoms with Gasteiger partial charge in [0.25, 0.3) is 0 Å². The first-order valence-corrected chi connectivity index (χ1v) is 13.9. The standard InChI is InChI=1S/C22H31N3O6S2/c1-6-24(7-2)33(29,30)21-15-9-18(10-16-21)23-22(26)17(4)25(32(5,27)28)19-11-13-20(14-12-19)31-8-3/h9-17H,6-8H2,1-5H3,(H,23,26)/t17-/m1/s1. The molecule has 1 amide bonds. The number of ether oxygens (including phenoxy) is 1. The fraction of sp³-hybridized carbons (Fsp3) is 0.409. The number of rotatable bonds is 11. The third-order valence-corrected chi connectivity index (χ3v) is 8.26. The van der Waals surface area contributed by atoms with Crippen LogP contribution in [0.25, 0.3) is 0 Å². The number of amides is 1. The van der Waals surface area contributed by atoms with Gasteiger partial charge in [-0.3, -0.25) is 9.10 Å². The molecule has 0 fully saturated rings. The van der Waals surface area contributed by atoms with Gasteiger partial charge in [-0.25, -0.2) is 16.8 Å². The lowest BCUT2D eigenvalue weighted by atomic mass is 10.2. The van der Waals surface area contributed by atoms with Crippen molar-refractivity contribution in [2.24, 2.45) is 0 Å². The van der Waals surface area contributed by atoms with Crippen molar-refractivity contribution in [3.63, 3.8) is 0 Å². The molecule has 2 rings (SSSR count). The summed E-state index contributed by atoms with van der Waals surface area (Å²) in [6, 6.07) is 11.1. The van der Waals surface area contributed by atoms with Gasteiger partial charge in [0.2, 0.25) is 26.0 Å². The zero-order valence-electron chi connectivity index (χ0n) is 19.5. The maximum Gasteiger partial charge on any atom is 0.247 e. The largest absolute Gasteiger partial charge is 0.494 e. The summed E-state index contributed by atoms with van der Waals surface area (Å²) in [5.41, 5.74) is 0.676. The summed E-state index contributed by atoms with van der Waals surface area (Å²) in [6.45, 7) is 8.01. The Morgan fingerprint density at radius 3 is 1.94 bits per heavy atom. The Balaban J connectivity index is 2.23. The average molecular weight is 498 g/mol. The van der Waals surface area contributed by atoms with Crippen LogP contribution in [-0.4, -0.2) is 59.0 Å². The lowest BCUT2D eigenvalue weighted by molar-refractivity contribution is -0.116. The fourth-order valence-electron chi connectivity index (χ4n) is 3.33. The Morgan fingerprint density at radius 1 is 0.939 bits per heavy atom. The van der Waals surface area contributed by atoms with E-state index in [0.29, 0.717) is 36.8 Å². The first kappa shape index (κ1) is 26.6. The van der Waals surface area contributed by atoms with E-state index >= 15 is 0 Å². The minimum absolute atomic E-state index is 0.115. The summed E-state index contributed by atoms with van der Waals surface area (Å²) < 4.78 is 57.9. The summed E-state index contributed by atoms with van der Waals surface area (Å²) in [7, 11) is -7.39. The molecule has 0 saturated heterocycles. The third-order valence-electron chi connectivity index (χ3n) is 4.96. The van der Waals surface area contributed by atoms with Gasteiger partial charge in [-0.1, -0.05) is 13.8 Å². The lowest BCUT2D eigenvalue weighted by Crippen LogP contribution is -2.45. The Hall–Kier alpha value is -2.63. The van der Waals surface area contributed by atoms with Crippen molar-refractivity contribution in [2.75, 3.05) is 35.6 Å². The highest BCUT2D eigenvalue weighted by Crippen LogP contribution is 2.25. The lowest BCUT2D eigenvalue weighted by Gasteiger charge is -2.28. The number of nitrogens with zero attached hydrogens (tertiary/aromatic N) is 2. The van der Waals surface area contributed by atoms with Gasteiger partial charge in [0.05, 0.1) is 23.4 Å². The molecule has 2 aromatic rings. The number of hydrogen-bond acceptors (Lipinski definition) is 6. The Kier molecular flexibility index (Phi) is 8.87. The van der Waals surface area contributed by atoms with Crippen LogP contribution in [0.4, 0.5) is 11.4 Å². The van der Waals surface area contributed by atoms with E-state index in [4.69, 9.17) is 4.74 Å². The Bertz CT molecular complexity index is 1140. The highest BCUT2D eigenvalue weighted by molar-refractivity contribution is 7.92. The SMILES string of the molecule is CCOc1ccc(N([C@H](C)C(=O)Nc2ccc(S(=O)(=O)N(CC)CC)cc2)S(C)(=O)=O)cc1. The number of carbonyl (C=O) groups excluding carboxylic acids is 1. The van der Waals surface area contributed by atoms with E-state index < -0.39 is 32.0 Å². The van der Waals surface area contributed by atoms with Gasteiger partial charge in [-0.15, -0.1) is 0 Å². The molecule has 1 atom stereocenters. The van der Waals surface area contributed by atoms with Crippen LogP contribution in [0.15, 0.2) is 53.4 Å². The minimum Gasteiger partial charge on any atom is -0.494 e. The van der Waals surface area contributed by atoms with E-state index in [-0.39, 0.29) is 4.90 Å². The van der Waals surface area contributed by atoms with Crippen LogP contribution in [0, 0.1) is 0 Å². The summed E-state index contributed by atoms with van der Waals surface area (Å²) in [4.78, 5) is 13.0. The maximum absolute atomic E-state index is 12.9. The monoisotopic (exact) mass is 497 g/mol. The molecule has 0 aliphatic heterocycles. The number of anilines is 2. The van der Waals surface area contributed by atoms with E-state index in [1.54, 1.807) is 38.1 Å². The zero-order valence-corrected chi connectivity index (χ0v) is 21.1. The van der Waals surface area contributed by atoms with Crippen molar-refractivity contribution in [1.29, 1.82) is 0 Å². The molecule has 9 nitrogen and oxygen atoms in total. The second kappa shape index (κ2) is 11.0. The number of hydrogen-bond donors (Lipinski definition) is 1. The van der Waals surface area contributed by atoms with E-state index in [2.05, 4.69) is 5.32 Å². The van der Waals surface area contributed by atoms with Gasteiger partial charge in [-0.05, 0) is 62.4 Å². The van der Waals surface area contributed by atoms with Crippen LogP contribution in [0.3, 0.4) is 0 Å². The predicted octanol–water partition coefficient (Wildman–Crippen LogP) is 2.91. The van der Waals surface area contributed by atoms with Crippen molar-refractivity contribution in [3.05, 3.63) is 48.5 Å². The molecule has 0 radical (unpaired) electrons. The molecule has 0 saturated carbocycles. The molecule has 182 valence electrons. The Morgan fingerprint density at radius 2 is 1.48 bits per heavy atom. The molecule has 0 aromatic heterocycles. The molecule has 2 aromatic carbocycles. The van der Waals surface area contributed by atoms with Crippen LogP contribution in [0.1, 0.15) is 27.7 Å². The molecule has 0 aliphatic rings. The maximum atomic E-state index is 12.9. The molecule has 0 heterocycles. The fourth-order valence-corrected chi connectivity index (χ4v) is 5.97. The predicted molar refractivity (Wildman–Crippen MR) is 130 cm³/mol. The average Bonchev–Trinajstić information content (AvgIpc) is 2.75. The summed E-state index contributed by atoms with van der Waals surface area (Å²) in [5.74, 6) is 0.0280. The van der Waals surface area contributed by atoms with Gasteiger partial charge in [0, 0.05) is 18.8 Å². The first-order valence-electron chi connectivity index (χ1n) is 10.6. The molecule has 1 N–H and O–H groups in total. The summed E-state index contributed by atoms with van der Waals surface area (Å²) in [5, 5.41) is 2.65. The second-order valence-electron chi connectivity index (χ2n) is 7.26. The summed E-state index contributed by atoms with van der Waals surface area (Å²) >= 11 is 0. The van der Waals surface area contributed by atoms with Crippen LogP contribution in [-0.2, 0) is 24.8 Å². The molecule has 33 heavy (non-hydrogen) atoms. The minimum atomic E-state index is -3.77. The van der Waals surface area contributed by atoms with Crippen LogP contribution in [0.2, 0.25) is 0 Å². The molecule has 0 spiro atoms. The van der Waals surface area contributed by atoms with E-state index in [1.165, 1.54) is 35.5 Å². The molecule has 0 bridgehead atoms. The summed E-state index contributed by atoms with van der Waals surface area (Å²) in [6.07, 6.45) is 1.03. The van der Waals surface area contributed by atoms with Crippen molar-refractivity contribution < 1.29 is 26.4 Å². The number of nitrogens with one attached hydrogen (secondary N) is 1. The topological polar surface area (TPSA) is 113 Å². The van der Waals surface area contributed by atoms with Gasteiger partial charge >= 0.3 is 0 Å². The number of benzene rings is 2. The van der Waals surface area contributed by atoms with Gasteiger partial charge < -0.3 is 10.1 Å². The van der Waals surface area contributed by atoms with Crippen molar-refractivity contribution in [3.8, 4) is 5.75 Å². The molecule has 0 aliphatic carbocycles. The van der Waals surface area contributed by atoms with Crippen LogP contribution >= 0.6 is 0 Å². The number of carbonyl (C=O) groups is 1. The normalized spacial score (nSPS) is 12.9. The van der Waals surface area contributed by atoms with Crippen LogP contribution < -0.4 is 14.4 Å². The molecular weight excluding hydrogens is 466 g/mol. The Labute approximate surface area is 196 Å². The van der Waals surface area contributed by atoms with Gasteiger partial charge in [-0.2, -0.15) is 4.31 Å². The van der Waals surface area contributed by atoms with Gasteiger partial charge in [0.1, 0.15) is 11.8 Å². The quantitative estimate of drug-likeness (QED) is 0.511. The van der Waals surface area contributed by atoms with Gasteiger partial charge in [0.15, 0.2) is 0 Å². The second-order valence-corrected chi connectivity index (χ2v) is 11.1. The van der Waals surface area contributed by atoms with E-state index in [0.717, 1.165) is 10.6 Å². The van der Waals surface area contributed by atoms with E-state index in [1.807, 2.05) is 6.92 Å². The number of sulfonamides is 2. The first-order chi connectivity index (χ1) is 15.4. The van der Waals surface area contributed by atoms with Crippen LogP contribution in [0.5, 0.6) is 5.75 Å². The smallest absolute Gasteiger partial charge is 0.247 e. The zero-order chi connectivity index (χ0) is 24.8. The van der Waals surface area contributed by atoms with Crippen molar-refractivity contribution >= 4 is 37.3 Å². The van der Waals surface area contributed by atoms with E-state index in [9.17, 15) is 21.6 Å². The molecule has 11 heteroatoms. The molecule has 0 unspecified atom stereocenters. The highest BCUT2D eigenvalue weighted by Gasteiger charge is 2.29. The highest BCUT2D eigenvalue weighted by atomic mass is 32.2. The van der Waals surface area contributed by atoms with Crippen molar-refractivity contribution in [2.45, 2.75) is 38.6 Å². The molecular formula is C22H31N3O6S2. The third kappa shape index (κ3) is 6.46.